The molecule has 9 unspecified atom stereocenters. The van der Waals surface area contributed by atoms with Crippen LogP contribution in [0.5, 0.6) is 0 Å². The van der Waals surface area contributed by atoms with Gasteiger partial charge in [-0.3, -0.25) is 14.4 Å². The lowest BCUT2D eigenvalue weighted by atomic mass is 9.80. The van der Waals surface area contributed by atoms with E-state index in [4.69, 9.17) is 33.2 Å². The van der Waals surface area contributed by atoms with Crippen LogP contribution < -0.4 is 0 Å². The Morgan fingerprint density at radius 3 is 2.32 bits per heavy atom. The van der Waals surface area contributed by atoms with Crippen molar-refractivity contribution < 1.29 is 47.5 Å². The largest absolute Gasteiger partial charge is 0.465 e. The second-order valence-corrected chi connectivity index (χ2v) is 13.8. The van der Waals surface area contributed by atoms with Crippen molar-refractivity contribution in [3.8, 4) is 0 Å². The minimum Gasteiger partial charge on any atom is -0.465 e. The summed E-state index contributed by atoms with van der Waals surface area (Å²) in [6.07, 6.45) is 2.49. The number of hydrogen-bond donors (Lipinski definition) is 0. The fraction of sp³-hybridized carbons (Fsp3) is 0.903. The third-order valence-electron chi connectivity index (χ3n) is 9.51. The topological polar surface area (TPSA) is 116 Å². The Bertz CT molecular complexity index is 974. The van der Waals surface area contributed by atoms with E-state index in [1.807, 2.05) is 62.3 Å². The number of carbonyl (C=O) groups is 3. The van der Waals surface area contributed by atoms with Crippen molar-refractivity contribution in [2.24, 2.45) is 35.0 Å². The zero-order valence-corrected chi connectivity index (χ0v) is 26.2. The minimum atomic E-state index is -0.738. The van der Waals surface area contributed by atoms with Gasteiger partial charge in [-0.1, -0.05) is 20.8 Å². The molecule has 0 aromatic carbocycles. The Balaban J connectivity index is 0.000000194. The standard InChI is InChI=1S/C17H30O6.C14H20O4/c1-8-15(2,3)14(18)19-9-11-13(23-17(6,7)22-11)12-10-20-16(4,5)21-12;1-3-7(2)13(15)18-11-5-8-4-9(11)10-6-17-14(16)12(8)10/h11-13H,8-10H2,1-7H3;7-12H,3-6H2,1-2H3. The van der Waals surface area contributed by atoms with Gasteiger partial charge in [-0.25, -0.2) is 0 Å². The van der Waals surface area contributed by atoms with Gasteiger partial charge in [-0.15, -0.1) is 0 Å². The van der Waals surface area contributed by atoms with Crippen LogP contribution in [0.1, 0.15) is 88.0 Å². The van der Waals surface area contributed by atoms with Crippen LogP contribution in [0.4, 0.5) is 0 Å². The summed E-state index contributed by atoms with van der Waals surface area (Å²) in [4.78, 5) is 35.6. The summed E-state index contributed by atoms with van der Waals surface area (Å²) in [6, 6.07) is 0. The smallest absolute Gasteiger partial charge is 0.311 e. The van der Waals surface area contributed by atoms with E-state index in [-0.39, 0.29) is 60.8 Å². The first-order valence-corrected chi connectivity index (χ1v) is 15.3. The van der Waals surface area contributed by atoms with E-state index in [1.165, 1.54) is 0 Å². The van der Waals surface area contributed by atoms with E-state index >= 15 is 0 Å². The molecule has 2 bridgehead atoms. The SMILES string of the molecule is CCC(C)(C)C(=O)OCC1OC(C)(C)OC1C1COC(C)(C)O1.CCC(C)C(=O)OC1CC2CC1C1COC(=O)C21. The highest BCUT2D eigenvalue weighted by Crippen LogP contribution is 2.56. The summed E-state index contributed by atoms with van der Waals surface area (Å²) in [5.41, 5.74) is -0.501. The van der Waals surface area contributed by atoms with Crippen LogP contribution in [0.25, 0.3) is 0 Å². The van der Waals surface area contributed by atoms with Crippen LogP contribution in [0.3, 0.4) is 0 Å². The van der Waals surface area contributed by atoms with Crippen LogP contribution in [0.2, 0.25) is 0 Å². The molecule has 0 amide bonds. The first kappa shape index (κ1) is 32.2. The Morgan fingerprint density at radius 1 is 1.00 bits per heavy atom. The number of carbonyl (C=O) groups excluding carboxylic acids is 3. The molecule has 234 valence electrons. The van der Waals surface area contributed by atoms with Crippen molar-refractivity contribution >= 4 is 17.9 Å². The number of hydrogen-bond acceptors (Lipinski definition) is 10. The van der Waals surface area contributed by atoms with Crippen molar-refractivity contribution in [1.29, 1.82) is 0 Å². The van der Waals surface area contributed by atoms with Gasteiger partial charge in [0.25, 0.3) is 0 Å². The quantitative estimate of drug-likeness (QED) is 0.301. The lowest BCUT2D eigenvalue weighted by molar-refractivity contribution is -0.175. The molecular formula is C31H50O10. The van der Waals surface area contributed by atoms with Crippen molar-refractivity contribution in [3.63, 3.8) is 0 Å². The number of fused-ring (bicyclic) bond motifs is 5. The van der Waals surface area contributed by atoms with Crippen molar-refractivity contribution in [2.75, 3.05) is 19.8 Å². The van der Waals surface area contributed by atoms with E-state index < -0.39 is 17.0 Å². The van der Waals surface area contributed by atoms with Crippen molar-refractivity contribution in [3.05, 3.63) is 0 Å². The van der Waals surface area contributed by atoms with Gasteiger partial charge < -0.3 is 33.2 Å². The molecule has 0 aromatic rings. The van der Waals surface area contributed by atoms with Gasteiger partial charge in [-0.05, 0) is 73.1 Å². The van der Waals surface area contributed by atoms with Crippen LogP contribution in [0, 0.1) is 35.0 Å². The molecule has 3 saturated heterocycles. The molecule has 2 saturated carbocycles. The molecule has 9 atom stereocenters. The van der Waals surface area contributed by atoms with Gasteiger partial charge in [0.1, 0.15) is 31.0 Å². The van der Waals surface area contributed by atoms with Gasteiger partial charge in [0.05, 0.1) is 30.5 Å². The number of esters is 3. The van der Waals surface area contributed by atoms with Crippen LogP contribution >= 0.6 is 0 Å². The van der Waals surface area contributed by atoms with E-state index in [0.29, 0.717) is 31.0 Å². The lowest BCUT2D eigenvalue weighted by Gasteiger charge is -2.29. The molecule has 41 heavy (non-hydrogen) atoms. The first-order chi connectivity index (χ1) is 19.1. The normalized spacial score (nSPS) is 37.1. The monoisotopic (exact) mass is 582 g/mol. The van der Waals surface area contributed by atoms with Gasteiger partial charge in [-0.2, -0.15) is 0 Å². The van der Waals surface area contributed by atoms with E-state index in [0.717, 1.165) is 25.7 Å². The predicted octanol–water partition coefficient (Wildman–Crippen LogP) is 4.41. The Kier molecular flexibility index (Phi) is 9.49. The molecule has 5 aliphatic rings. The maximum atomic E-state index is 12.2. The highest BCUT2D eigenvalue weighted by atomic mass is 16.8. The second-order valence-electron chi connectivity index (χ2n) is 13.8. The summed E-state index contributed by atoms with van der Waals surface area (Å²) in [6.45, 7) is 18.1. The fourth-order valence-electron chi connectivity index (χ4n) is 6.55. The molecule has 10 nitrogen and oxygen atoms in total. The summed E-state index contributed by atoms with van der Waals surface area (Å²) in [5.74, 6) is -0.623. The molecule has 0 N–H and O–H groups in total. The maximum absolute atomic E-state index is 12.2. The highest BCUT2D eigenvalue weighted by Gasteiger charge is 2.60. The third kappa shape index (κ3) is 7.08. The zero-order chi connectivity index (χ0) is 30.3. The second kappa shape index (κ2) is 12.1. The van der Waals surface area contributed by atoms with Gasteiger partial charge >= 0.3 is 17.9 Å². The Labute approximate surface area is 244 Å². The van der Waals surface area contributed by atoms with Crippen LogP contribution in [0.15, 0.2) is 0 Å². The molecule has 2 aliphatic carbocycles. The van der Waals surface area contributed by atoms with Gasteiger partial charge in [0.15, 0.2) is 11.6 Å². The highest BCUT2D eigenvalue weighted by molar-refractivity contribution is 5.76. The van der Waals surface area contributed by atoms with Crippen molar-refractivity contribution in [1.82, 2.24) is 0 Å². The number of ether oxygens (including phenoxy) is 7. The average Bonchev–Trinajstić information content (AvgIpc) is 3.71. The Hall–Kier alpha value is -1.75. The summed E-state index contributed by atoms with van der Waals surface area (Å²) >= 11 is 0. The molecule has 3 heterocycles. The van der Waals surface area contributed by atoms with E-state index in [1.54, 1.807) is 0 Å². The fourth-order valence-corrected chi connectivity index (χ4v) is 6.55. The van der Waals surface area contributed by atoms with Gasteiger partial charge in [0.2, 0.25) is 0 Å². The summed E-state index contributed by atoms with van der Waals surface area (Å²) in [7, 11) is 0. The van der Waals surface area contributed by atoms with Crippen LogP contribution in [-0.2, 0) is 47.5 Å². The number of rotatable bonds is 8. The number of cyclic esters (lactones) is 1. The molecule has 0 radical (unpaired) electrons. The minimum absolute atomic E-state index is 0.0206. The molecular weight excluding hydrogens is 532 g/mol. The molecule has 3 aliphatic heterocycles. The molecule has 0 spiro atoms. The summed E-state index contributed by atoms with van der Waals surface area (Å²) in [5, 5.41) is 0. The molecule has 10 heteroatoms. The predicted molar refractivity (Wildman–Crippen MR) is 147 cm³/mol. The molecule has 0 aromatic heterocycles. The lowest BCUT2D eigenvalue weighted by Crippen LogP contribution is -2.41. The molecule has 5 fully saturated rings. The van der Waals surface area contributed by atoms with Crippen LogP contribution in [-0.4, -0.2) is 73.7 Å². The Morgan fingerprint density at radius 2 is 1.71 bits per heavy atom. The molecule has 5 rings (SSSR count). The van der Waals surface area contributed by atoms with E-state index in [9.17, 15) is 14.4 Å². The van der Waals surface area contributed by atoms with Gasteiger partial charge in [0, 0.05) is 11.8 Å². The third-order valence-corrected chi connectivity index (χ3v) is 9.51. The first-order valence-electron chi connectivity index (χ1n) is 15.3. The summed E-state index contributed by atoms with van der Waals surface area (Å²) < 4.78 is 39.6. The van der Waals surface area contributed by atoms with Crippen molar-refractivity contribution in [2.45, 2.75) is 124 Å². The average molecular weight is 583 g/mol. The maximum Gasteiger partial charge on any atom is 0.311 e. The zero-order valence-electron chi connectivity index (χ0n) is 26.2. The van der Waals surface area contributed by atoms with E-state index in [2.05, 4.69) is 0 Å².